The number of para-hydroxylation sites is 2. The molecule has 0 spiro atoms. The van der Waals surface area contributed by atoms with Crippen LogP contribution < -0.4 is 0 Å². The minimum absolute atomic E-state index is 0.00614. The first-order valence-electron chi connectivity index (χ1n) is 9.91. The van der Waals surface area contributed by atoms with Gasteiger partial charge in [-0.25, -0.2) is 0 Å². The Morgan fingerprint density at radius 2 is 2.16 bits per heavy atom. The van der Waals surface area contributed by atoms with Gasteiger partial charge in [-0.2, -0.15) is 0 Å². The lowest BCUT2D eigenvalue weighted by Gasteiger charge is -2.07. The molecule has 19 heavy (non-hydrogen) atoms. The largest absolute Gasteiger partial charge is 0.455 e. The van der Waals surface area contributed by atoms with Gasteiger partial charge in [0.2, 0.25) is 0 Å². The summed E-state index contributed by atoms with van der Waals surface area (Å²) in [5, 5.41) is 0.680. The number of nitrogens with zero attached hydrogens (tertiary/aromatic N) is 1. The Bertz CT molecular complexity index is 1180. The third-order valence-corrected chi connectivity index (χ3v) is 2.98. The lowest BCUT2D eigenvalue weighted by molar-refractivity contribution is 0.668. The number of aliphatic imine (C=N–C) groups is 1. The molecule has 4 rings (SSSR count). The maximum atomic E-state index is 8.22. The molecule has 0 fully saturated rings. The number of hydrogen-bond donors (Lipinski definition) is 0. The predicted octanol–water partition coefficient (Wildman–Crippen LogP) is 4.68. The topological polar surface area (TPSA) is 25.5 Å². The SMILES string of the molecule is [2H]C1=C([2H])C([2H])C([2H])C(c2cccc3c2oc2c([2H])c([2H])c([2H])c([2H])c23)=N1. The Hall–Kier alpha value is -2.35. The molecule has 2 unspecified atom stereocenters. The summed E-state index contributed by atoms with van der Waals surface area (Å²) in [7, 11) is 0. The summed E-state index contributed by atoms with van der Waals surface area (Å²) in [6, 6.07) is 3.30. The van der Waals surface area contributed by atoms with Gasteiger partial charge in [-0.05, 0) is 24.9 Å². The zero-order valence-corrected chi connectivity index (χ0v) is 9.74. The highest BCUT2D eigenvalue weighted by atomic mass is 16.3. The summed E-state index contributed by atoms with van der Waals surface area (Å²) in [4.78, 5) is 4.01. The molecular weight excluding hydrogens is 234 g/mol. The zero-order chi connectivity index (χ0) is 19.6. The number of hydrogen-bond acceptors (Lipinski definition) is 2. The van der Waals surface area contributed by atoms with Crippen molar-refractivity contribution in [2.45, 2.75) is 12.8 Å². The van der Waals surface area contributed by atoms with Gasteiger partial charge >= 0.3 is 0 Å². The molecule has 0 aliphatic carbocycles. The van der Waals surface area contributed by atoms with E-state index in [4.69, 9.17) is 15.4 Å². The van der Waals surface area contributed by atoms with Crippen molar-refractivity contribution in [3.05, 3.63) is 60.2 Å². The summed E-state index contributed by atoms with van der Waals surface area (Å²) >= 11 is 0. The second-order valence-electron chi connectivity index (χ2n) is 4.07. The van der Waals surface area contributed by atoms with Crippen molar-refractivity contribution in [2.24, 2.45) is 4.99 Å². The first-order valence-corrected chi connectivity index (χ1v) is 5.76. The van der Waals surface area contributed by atoms with Gasteiger partial charge in [-0.3, -0.25) is 4.99 Å². The van der Waals surface area contributed by atoms with Crippen LogP contribution in [0.3, 0.4) is 0 Å². The van der Waals surface area contributed by atoms with Gasteiger partial charge in [0.25, 0.3) is 0 Å². The molecule has 92 valence electrons. The number of rotatable bonds is 1. The summed E-state index contributed by atoms with van der Waals surface area (Å²) in [5.74, 6) is 0. The fraction of sp³-hybridized carbons (Fsp3) is 0.118. The van der Waals surface area contributed by atoms with Gasteiger partial charge in [0.15, 0.2) is 0 Å². The molecule has 0 amide bonds. The number of benzene rings is 2. The van der Waals surface area contributed by atoms with Crippen molar-refractivity contribution in [1.29, 1.82) is 0 Å². The smallest absolute Gasteiger partial charge is 0.144 e. The molecule has 0 bridgehead atoms. The molecule has 0 saturated heterocycles. The minimum atomic E-state index is -1.25. The molecular formula is C17H13NO. The zero-order valence-electron chi connectivity index (χ0n) is 17.7. The van der Waals surface area contributed by atoms with Crippen LogP contribution in [-0.2, 0) is 0 Å². The van der Waals surface area contributed by atoms with Crippen molar-refractivity contribution < 1.29 is 15.4 Å². The molecule has 2 heteroatoms. The lowest BCUT2D eigenvalue weighted by Crippen LogP contribution is -2.02. The minimum Gasteiger partial charge on any atom is -0.455 e. The molecule has 2 atom stereocenters. The van der Waals surface area contributed by atoms with E-state index in [0.29, 0.717) is 10.9 Å². The monoisotopic (exact) mass is 255 g/mol. The maximum Gasteiger partial charge on any atom is 0.144 e. The Morgan fingerprint density at radius 3 is 3.16 bits per heavy atom. The Balaban J connectivity index is 2.09. The fourth-order valence-electron chi connectivity index (χ4n) is 2.15. The highest BCUT2D eigenvalue weighted by Gasteiger charge is 2.14. The van der Waals surface area contributed by atoms with Gasteiger partial charge in [0.05, 0.1) is 13.9 Å². The van der Waals surface area contributed by atoms with Crippen LogP contribution in [0.2, 0.25) is 0 Å². The van der Waals surface area contributed by atoms with E-state index >= 15 is 0 Å². The molecule has 1 aliphatic heterocycles. The van der Waals surface area contributed by atoms with Crippen LogP contribution in [-0.4, -0.2) is 5.71 Å². The van der Waals surface area contributed by atoms with Gasteiger partial charge in [0, 0.05) is 25.3 Å². The second kappa shape index (κ2) is 4.09. The van der Waals surface area contributed by atoms with Gasteiger partial charge in [-0.15, -0.1) is 0 Å². The van der Waals surface area contributed by atoms with E-state index in [1.54, 1.807) is 18.2 Å². The van der Waals surface area contributed by atoms with Crippen molar-refractivity contribution in [3.8, 4) is 0 Å². The van der Waals surface area contributed by atoms with Crippen LogP contribution in [0.15, 0.2) is 64.0 Å². The molecule has 3 aromatic rings. The van der Waals surface area contributed by atoms with Crippen LogP contribution in [0, 0.1) is 0 Å². The summed E-state index contributed by atoms with van der Waals surface area (Å²) in [6.07, 6.45) is -2.82. The Labute approximate surface area is 122 Å². The molecule has 0 N–H and O–H groups in total. The standard InChI is InChI=1S/C17H13NO/c1-2-10-16-12(6-1)13-7-5-8-14(17(13)19-16)15-9-3-4-11-18-15/h1-2,4-8,10-11H,3,9H2/i1D,2D,3D,4D,6D,9D,10D,11D. The van der Waals surface area contributed by atoms with Crippen molar-refractivity contribution in [3.63, 3.8) is 0 Å². The fourth-order valence-corrected chi connectivity index (χ4v) is 2.15. The van der Waals surface area contributed by atoms with E-state index in [2.05, 4.69) is 4.99 Å². The quantitative estimate of drug-likeness (QED) is 0.619. The third kappa shape index (κ3) is 1.60. The van der Waals surface area contributed by atoms with Gasteiger partial charge in [0.1, 0.15) is 11.2 Å². The van der Waals surface area contributed by atoms with Crippen molar-refractivity contribution >= 4 is 27.7 Å². The highest BCUT2D eigenvalue weighted by Crippen LogP contribution is 2.31. The average Bonchev–Trinajstić information content (AvgIpc) is 3.05. The maximum absolute atomic E-state index is 8.22. The van der Waals surface area contributed by atoms with Crippen LogP contribution in [0.1, 0.15) is 29.3 Å². The molecule has 1 aliphatic rings. The first kappa shape index (κ1) is 5.33. The Morgan fingerprint density at radius 1 is 1.21 bits per heavy atom. The van der Waals surface area contributed by atoms with Crippen molar-refractivity contribution in [1.82, 2.24) is 0 Å². The van der Waals surface area contributed by atoms with Crippen LogP contribution in [0.4, 0.5) is 0 Å². The lowest BCUT2D eigenvalue weighted by atomic mass is 10.0. The Kier molecular flexibility index (Phi) is 1.15. The van der Waals surface area contributed by atoms with E-state index in [-0.39, 0.29) is 52.6 Å². The van der Waals surface area contributed by atoms with Crippen LogP contribution >= 0.6 is 0 Å². The highest BCUT2D eigenvalue weighted by molar-refractivity contribution is 6.15. The van der Waals surface area contributed by atoms with E-state index in [0.717, 1.165) is 0 Å². The molecule has 2 nitrogen and oxygen atoms in total. The second-order valence-corrected chi connectivity index (χ2v) is 4.07. The molecule has 2 heterocycles. The van der Waals surface area contributed by atoms with Crippen LogP contribution in [0.5, 0.6) is 0 Å². The summed E-state index contributed by atoms with van der Waals surface area (Å²) in [5.41, 5.74) is 0.682. The van der Waals surface area contributed by atoms with E-state index < -0.39 is 18.8 Å². The number of fused-ring (bicyclic) bond motifs is 3. The number of furan rings is 1. The molecule has 0 radical (unpaired) electrons. The first-order chi connectivity index (χ1) is 12.7. The predicted molar refractivity (Wildman–Crippen MR) is 78.6 cm³/mol. The summed E-state index contributed by atoms with van der Waals surface area (Å²) < 4.78 is 69.3. The normalized spacial score (nSPS) is 29.8. The van der Waals surface area contributed by atoms with Crippen molar-refractivity contribution in [2.75, 3.05) is 0 Å². The molecule has 2 aromatic carbocycles. The average molecular weight is 255 g/mol. The van der Waals surface area contributed by atoms with E-state index in [1.165, 1.54) is 0 Å². The molecule has 1 aromatic heterocycles. The van der Waals surface area contributed by atoms with E-state index in [9.17, 15) is 0 Å². The third-order valence-electron chi connectivity index (χ3n) is 2.98. The van der Waals surface area contributed by atoms with Crippen LogP contribution in [0.25, 0.3) is 21.9 Å². The summed E-state index contributed by atoms with van der Waals surface area (Å²) in [6.45, 7) is 0. The van der Waals surface area contributed by atoms with Gasteiger partial charge < -0.3 is 4.42 Å². The molecule has 0 saturated carbocycles. The number of allylic oxidation sites excluding steroid dienone is 1. The van der Waals surface area contributed by atoms with Gasteiger partial charge in [-0.1, -0.05) is 36.3 Å². The van der Waals surface area contributed by atoms with E-state index in [1.807, 2.05) is 0 Å².